The number of benzene rings is 1. The summed E-state index contributed by atoms with van der Waals surface area (Å²) in [5.74, 6) is 0. The molecule has 0 spiro atoms. The van der Waals surface area contributed by atoms with Crippen LogP contribution < -0.4 is 5.32 Å². The third-order valence-corrected chi connectivity index (χ3v) is 2.54. The molecule has 1 aromatic carbocycles. The first-order valence-electron chi connectivity index (χ1n) is 5.76. The van der Waals surface area contributed by atoms with Gasteiger partial charge in [-0.15, -0.1) is 0 Å². The summed E-state index contributed by atoms with van der Waals surface area (Å²) < 4.78 is 5.70. The molecule has 0 bridgehead atoms. The maximum Gasteiger partial charge on any atom is 0.0717 e. The highest BCUT2D eigenvalue weighted by atomic mass is 35.5. The van der Waals surface area contributed by atoms with Gasteiger partial charge in [-0.1, -0.05) is 48.0 Å². The van der Waals surface area contributed by atoms with Crippen molar-refractivity contribution in [3.8, 4) is 0 Å². The van der Waals surface area contributed by atoms with Crippen molar-refractivity contribution in [3.63, 3.8) is 0 Å². The SMILES string of the molecule is CC(C)(COCc1ccccc1)NC/C=C/Cl. The van der Waals surface area contributed by atoms with E-state index >= 15 is 0 Å². The van der Waals surface area contributed by atoms with Crippen molar-refractivity contribution in [1.82, 2.24) is 5.32 Å². The van der Waals surface area contributed by atoms with Crippen molar-refractivity contribution in [1.29, 1.82) is 0 Å². The Kier molecular flexibility index (Phi) is 6.27. The van der Waals surface area contributed by atoms with Crippen LogP contribution in [-0.4, -0.2) is 18.7 Å². The largest absolute Gasteiger partial charge is 0.375 e. The van der Waals surface area contributed by atoms with E-state index < -0.39 is 0 Å². The highest BCUT2D eigenvalue weighted by molar-refractivity contribution is 6.25. The van der Waals surface area contributed by atoms with Gasteiger partial charge in [0.25, 0.3) is 0 Å². The predicted molar refractivity (Wildman–Crippen MR) is 73.2 cm³/mol. The Bertz CT molecular complexity index is 335. The number of ether oxygens (including phenoxy) is 1. The molecule has 0 atom stereocenters. The Morgan fingerprint density at radius 3 is 2.65 bits per heavy atom. The molecule has 0 saturated heterocycles. The van der Waals surface area contributed by atoms with Crippen LogP contribution in [0.5, 0.6) is 0 Å². The van der Waals surface area contributed by atoms with Crippen molar-refractivity contribution in [2.45, 2.75) is 26.0 Å². The monoisotopic (exact) mass is 253 g/mol. The zero-order chi connectivity index (χ0) is 12.6. The Labute approximate surface area is 109 Å². The smallest absolute Gasteiger partial charge is 0.0717 e. The molecule has 2 nitrogen and oxygen atoms in total. The zero-order valence-electron chi connectivity index (χ0n) is 10.4. The summed E-state index contributed by atoms with van der Waals surface area (Å²) in [6.45, 7) is 6.29. The van der Waals surface area contributed by atoms with Gasteiger partial charge in [0, 0.05) is 17.6 Å². The summed E-state index contributed by atoms with van der Waals surface area (Å²) in [5.41, 5.74) is 2.67. The lowest BCUT2D eigenvalue weighted by atomic mass is 10.1. The number of hydrogen-bond acceptors (Lipinski definition) is 2. The lowest BCUT2D eigenvalue weighted by Crippen LogP contribution is -2.43. The highest BCUT2D eigenvalue weighted by Gasteiger charge is 2.15. The van der Waals surface area contributed by atoms with E-state index in [1.165, 1.54) is 11.1 Å². The van der Waals surface area contributed by atoms with Crippen LogP contribution in [-0.2, 0) is 11.3 Å². The van der Waals surface area contributed by atoms with E-state index in [0.29, 0.717) is 13.2 Å². The molecule has 0 unspecified atom stereocenters. The van der Waals surface area contributed by atoms with E-state index in [1.54, 1.807) is 0 Å². The summed E-state index contributed by atoms with van der Waals surface area (Å²) in [5, 5.41) is 3.35. The van der Waals surface area contributed by atoms with Crippen molar-refractivity contribution >= 4 is 11.6 Å². The molecule has 1 rings (SSSR count). The number of nitrogens with one attached hydrogen (secondary N) is 1. The van der Waals surface area contributed by atoms with Gasteiger partial charge in [0.2, 0.25) is 0 Å². The molecule has 3 heteroatoms. The lowest BCUT2D eigenvalue weighted by Gasteiger charge is -2.25. The molecule has 0 aliphatic carbocycles. The predicted octanol–water partition coefficient (Wildman–Crippen LogP) is 3.32. The first kappa shape index (κ1) is 14.2. The second-order valence-corrected chi connectivity index (χ2v) is 4.86. The van der Waals surface area contributed by atoms with Crippen LogP contribution in [0, 0.1) is 0 Å². The molecule has 0 aliphatic heterocycles. The average Bonchev–Trinajstić information content (AvgIpc) is 2.30. The van der Waals surface area contributed by atoms with Gasteiger partial charge < -0.3 is 10.1 Å². The highest BCUT2D eigenvalue weighted by Crippen LogP contribution is 2.06. The second kappa shape index (κ2) is 7.49. The van der Waals surface area contributed by atoms with Crippen LogP contribution in [0.25, 0.3) is 0 Å². The third-order valence-electron chi connectivity index (χ3n) is 2.36. The van der Waals surface area contributed by atoms with E-state index in [1.807, 2.05) is 24.3 Å². The Hall–Kier alpha value is -0.830. The number of hydrogen-bond donors (Lipinski definition) is 1. The van der Waals surface area contributed by atoms with E-state index in [-0.39, 0.29) is 5.54 Å². The number of halogens is 1. The standard InChI is InChI=1S/C14H20ClNO/c1-14(2,16-10-6-9-15)12-17-11-13-7-4-3-5-8-13/h3-9,16H,10-12H2,1-2H3/b9-6+. The van der Waals surface area contributed by atoms with Crippen molar-refractivity contribution < 1.29 is 4.74 Å². The third kappa shape index (κ3) is 6.47. The zero-order valence-corrected chi connectivity index (χ0v) is 11.2. The van der Waals surface area contributed by atoms with Crippen molar-refractivity contribution in [3.05, 3.63) is 47.5 Å². The minimum Gasteiger partial charge on any atom is -0.375 e. The Balaban J connectivity index is 2.25. The summed E-state index contributed by atoms with van der Waals surface area (Å²) in [6.07, 6.45) is 1.88. The van der Waals surface area contributed by atoms with Crippen LogP contribution in [0.1, 0.15) is 19.4 Å². The minimum atomic E-state index is -0.0504. The van der Waals surface area contributed by atoms with E-state index in [9.17, 15) is 0 Å². The quantitative estimate of drug-likeness (QED) is 0.805. The second-order valence-electron chi connectivity index (χ2n) is 4.60. The van der Waals surface area contributed by atoms with Gasteiger partial charge in [0.15, 0.2) is 0 Å². The molecule has 0 radical (unpaired) electrons. The van der Waals surface area contributed by atoms with Crippen molar-refractivity contribution in [2.24, 2.45) is 0 Å². The van der Waals surface area contributed by atoms with E-state index in [2.05, 4.69) is 31.3 Å². The molecule has 94 valence electrons. The van der Waals surface area contributed by atoms with Gasteiger partial charge in [0.1, 0.15) is 0 Å². The van der Waals surface area contributed by atoms with Crippen LogP contribution in [0.15, 0.2) is 41.9 Å². The van der Waals surface area contributed by atoms with Gasteiger partial charge in [-0.2, -0.15) is 0 Å². The fourth-order valence-corrected chi connectivity index (χ4v) is 1.52. The van der Waals surface area contributed by atoms with Crippen LogP contribution in [0.4, 0.5) is 0 Å². The molecule has 0 saturated carbocycles. The van der Waals surface area contributed by atoms with Gasteiger partial charge in [0.05, 0.1) is 13.2 Å². The Morgan fingerprint density at radius 1 is 1.29 bits per heavy atom. The maximum atomic E-state index is 5.70. The molecule has 17 heavy (non-hydrogen) atoms. The van der Waals surface area contributed by atoms with Crippen LogP contribution >= 0.6 is 11.6 Å². The van der Waals surface area contributed by atoms with Gasteiger partial charge >= 0.3 is 0 Å². The first-order valence-corrected chi connectivity index (χ1v) is 6.19. The Morgan fingerprint density at radius 2 is 2.00 bits per heavy atom. The average molecular weight is 254 g/mol. The molecule has 0 aliphatic rings. The molecule has 0 heterocycles. The normalized spacial score (nSPS) is 12.2. The molecular formula is C14H20ClNO. The summed E-state index contributed by atoms with van der Waals surface area (Å²) >= 11 is 5.46. The molecule has 0 fully saturated rings. The maximum absolute atomic E-state index is 5.70. The van der Waals surface area contributed by atoms with E-state index in [0.717, 1.165) is 6.54 Å². The molecular weight excluding hydrogens is 234 g/mol. The van der Waals surface area contributed by atoms with Crippen LogP contribution in [0.3, 0.4) is 0 Å². The van der Waals surface area contributed by atoms with E-state index in [4.69, 9.17) is 16.3 Å². The summed E-state index contributed by atoms with van der Waals surface area (Å²) in [6, 6.07) is 10.2. The first-order chi connectivity index (χ1) is 8.14. The molecule has 1 N–H and O–H groups in total. The topological polar surface area (TPSA) is 21.3 Å². The minimum absolute atomic E-state index is 0.0504. The fraction of sp³-hybridized carbons (Fsp3) is 0.429. The number of rotatable bonds is 7. The van der Waals surface area contributed by atoms with Gasteiger partial charge in [-0.3, -0.25) is 0 Å². The van der Waals surface area contributed by atoms with Crippen LogP contribution in [0.2, 0.25) is 0 Å². The van der Waals surface area contributed by atoms with Gasteiger partial charge in [-0.25, -0.2) is 0 Å². The lowest BCUT2D eigenvalue weighted by molar-refractivity contribution is 0.0725. The summed E-state index contributed by atoms with van der Waals surface area (Å²) in [7, 11) is 0. The summed E-state index contributed by atoms with van der Waals surface area (Å²) in [4.78, 5) is 0. The molecule has 1 aromatic rings. The molecule has 0 amide bonds. The van der Waals surface area contributed by atoms with Crippen molar-refractivity contribution in [2.75, 3.05) is 13.2 Å². The molecule has 0 aromatic heterocycles. The fourth-order valence-electron chi connectivity index (χ4n) is 1.43. The van der Waals surface area contributed by atoms with Gasteiger partial charge in [-0.05, 0) is 19.4 Å².